The van der Waals surface area contributed by atoms with Crippen LogP contribution in [0.5, 0.6) is 0 Å². The van der Waals surface area contributed by atoms with Gasteiger partial charge >= 0.3 is 0 Å². The number of aryl methyl sites for hydroxylation is 1. The Morgan fingerprint density at radius 3 is 2.16 bits per heavy atom. The third kappa shape index (κ3) is 4.27. The zero-order valence-electron chi connectivity index (χ0n) is 17.0. The molecule has 0 N–H and O–H groups in total. The second kappa shape index (κ2) is 8.66. The van der Waals surface area contributed by atoms with Crippen LogP contribution >= 0.6 is 0 Å². The molecule has 0 aliphatic heterocycles. The Labute approximate surface area is 178 Å². The maximum absolute atomic E-state index is 14.8. The van der Waals surface area contributed by atoms with Crippen molar-refractivity contribution in [2.45, 2.75) is 39.0 Å². The number of rotatable bonds is 5. The fourth-order valence-electron chi connectivity index (χ4n) is 4.06. The van der Waals surface area contributed by atoms with Gasteiger partial charge in [0, 0.05) is 11.1 Å². The number of fused-ring (bicyclic) bond motifs is 1. The lowest BCUT2D eigenvalue weighted by Crippen LogP contribution is -2.08. The molecule has 0 unspecified atom stereocenters. The summed E-state index contributed by atoms with van der Waals surface area (Å²) in [7, 11) is 0. The summed E-state index contributed by atoms with van der Waals surface area (Å²) >= 11 is 0. The Bertz CT molecular complexity index is 1150. The van der Waals surface area contributed by atoms with Crippen LogP contribution in [0.4, 0.5) is 22.0 Å². The number of allylic oxidation sites excluding steroid dienone is 2. The highest BCUT2D eigenvalue weighted by molar-refractivity contribution is 5.74. The first kappa shape index (κ1) is 21.3. The quantitative estimate of drug-likeness (QED) is 0.368. The van der Waals surface area contributed by atoms with Crippen LogP contribution in [0.25, 0.3) is 16.7 Å². The van der Waals surface area contributed by atoms with E-state index in [1.807, 2.05) is 6.92 Å². The first-order valence-electron chi connectivity index (χ1n) is 10.3. The third-order valence-corrected chi connectivity index (χ3v) is 5.71. The summed E-state index contributed by atoms with van der Waals surface area (Å²) in [5.74, 6) is -3.87. The molecule has 4 rings (SSSR count). The van der Waals surface area contributed by atoms with Gasteiger partial charge in [0.25, 0.3) is 0 Å². The fourth-order valence-corrected chi connectivity index (χ4v) is 4.06. The van der Waals surface area contributed by atoms with Crippen molar-refractivity contribution < 1.29 is 22.0 Å². The Morgan fingerprint density at radius 1 is 0.742 bits per heavy atom. The Morgan fingerprint density at radius 2 is 1.48 bits per heavy atom. The van der Waals surface area contributed by atoms with Crippen LogP contribution in [-0.4, -0.2) is 0 Å². The number of unbranched alkanes of at least 4 members (excludes halogenated alkanes) is 1. The monoisotopic (exact) mass is 428 g/mol. The molecule has 5 heteroatoms. The van der Waals surface area contributed by atoms with E-state index >= 15 is 0 Å². The fraction of sp³-hybridized carbons (Fsp3) is 0.231. The van der Waals surface area contributed by atoms with Crippen molar-refractivity contribution in [3.05, 3.63) is 99.9 Å². The third-order valence-electron chi connectivity index (χ3n) is 5.71. The van der Waals surface area contributed by atoms with Crippen molar-refractivity contribution in [2.24, 2.45) is 0 Å². The summed E-state index contributed by atoms with van der Waals surface area (Å²) in [6, 6.07) is 8.87. The van der Waals surface area contributed by atoms with Gasteiger partial charge in [0.05, 0.1) is 0 Å². The molecule has 1 aliphatic carbocycles. The largest absolute Gasteiger partial charge is 0.206 e. The number of benzene rings is 3. The minimum absolute atomic E-state index is 0.0732. The normalized spacial score (nSPS) is 13.2. The van der Waals surface area contributed by atoms with E-state index in [1.54, 1.807) is 12.1 Å². The van der Waals surface area contributed by atoms with Crippen LogP contribution in [0.2, 0.25) is 0 Å². The average Bonchev–Trinajstić information content (AvgIpc) is 2.73. The highest BCUT2D eigenvalue weighted by Crippen LogP contribution is 2.35. The van der Waals surface area contributed by atoms with Crippen molar-refractivity contribution in [3.63, 3.8) is 0 Å². The first-order chi connectivity index (χ1) is 14.9. The van der Waals surface area contributed by atoms with E-state index in [2.05, 4.69) is 0 Å². The summed E-state index contributed by atoms with van der Waals surface area (Å²) < 4.78 is 71.0. The molecule has 0 saturated heterocycles. The predicted octanol–water partition coefficient (Wildman–Crippen LogP) is 7.57. The molecule has 1 aliphatic rings. The molecular formula is C26H21F5. The molecule has 3 aromatic rings. The number of halogens is 5. The van der Waals surface area contributed by atoms with E-state index in [-0.39, 0.29) is 23.1 Å². The maximum atomic E-state index is 14.8. The molecule has 31 heavy (non-hydrogen) atoms. The molecule has 0 aromatic heterocycles. The van der Waals surface area contributed by atoms with Crippen LogP contribution < -0.4 is 0 Å². The van der Waals surface area contributed by atoms with Crippen LogP contribution in [0.15, 0.2) is 48.5 Å². The van der Waals surface area contributed by atoms with Gasteiger partial charge in [0.2, 0.25) is 0 Å². The lowest BCUT2D eigenvalue weighted by Gasteiger charge is -2.20. The zero-order valence-corrected chi connectivity index (χ0v) is 17.0. The first-order valence-corrected chi connectivity index (χ1v) is 10.3. The SMILES string of the molecule is CCCCc1cc(F)c(C2=CCc3cc(-c4ccc(F)c(F)c4)c(F)cc3C2)c(F)c1. The topological polar surface area (TPSA) is 0 Å². The van der Waals surface area contributed by atoms with E-state index in [9.17, 15) is 22.0 Å². The zero-order chi connectivity index (χ0) is 22.1. The predicted molar refractivity (Wildman–Crippen MR) is 112 cm³/mol. The van der Waals surface area contributed by atoms with Crippen molar-refractivity contribution in [3.8, 4) is 11.1 Å². The molecule has 0 saturated carbocycles. The van der Waals surface area contributed by atoms with Gasteiger partial charge in [-0.3, -0.25) is 0 Å². The highest BCUT2D eigenvalue weighted by atomic mass is 19.2. The summed E-state index contributed by atoms with van der Waals surface area (Å²) in [5, 5.41) is 0. The molecule has 0 amide bonds. The lowest BCUT2D eigenvalue weighted by atomic mass is 9.85. The van der Waals surface area contributed by atoms with Crippen molar-refractivity contribution in [1.82, 2.24) is 0 Å². The molecule has 0 nitrogen and oxygen atoms in total. The lowest BCUT2D eigenvalue weighted by molar-refractivity contribution is 0.509. The second-order valence-electron chi connectivity index (χ2n) is 7.88. The highest BCUT2D eigenvalue weighted by Gasteiger charge is 2.21. The number of hydrogen-bond donors (Lipinski definition) is 0. The van der Waals surface area contributed by atoms with Crippen molar-refractivity contribution in [1.29, 1.82) is 0 Å². The van der Waals surface area contributed by atoms with Crippen LogP contribution in [-0.2, 0) is 19.3 Å². The van der Waals surface area contributed by atoms with Gasteiger partial charge < -0.3 is 0 Å². The van der Waals surface area contributed by atoms with E-state index in [0.717, 1.165) is 30.5 Å². The molecule has 0 radical (unpaired) electrons. The Kier molecular flexibility index (Phi) is 5.94. The van der Waals surface area contributed by atoms with Crippen molar-refractivity contribution in [2.75, 3.05) is 0 Å². The molecule has 3 aromatic carbocycles. The standard InChI is InChI=1S/C26H21F5/c1-2-3-4-15-9-24(30)26(25(31)10-15)18-6-5-16-12-20(22(28)14-19(16)11-18)17-7-8-21(27)23(29)13-17/h6-10,12-14H,2-5,11H2,1H3. The van der Waals surface area contributed by atoms with Gasteiger partial charge in [-0.1, -0.05) is 25.5 Å². The van der Waals surface area contributed by atoms with Gasteiger partial charge in [0.15, 0.2) is 11.6 Å². The Balaban J connectivity index is 1.65. The minimum Gasteiger partial charge on any atom is -0.206 e. The van der Waals surface area contributed by atoms with Gasteiger partial charge in [-0.25, -0.2) is 22.0 Å². The molecule has 0 heterocycles. The molecule has 0 fully saturated rings. The summed E-state index contributed by atoms with van der Waals surface area (Å²) in [6.45, 7) is 2.02. The van der Waals surface area contributed by atoms with Crippen LogP contribution in [0.1, 0.15) is 42.0 Å². The molecule has 0 atom stereocenters. The summed E-state index contributed by atoms with van der Waals surface area (Å²) in [4.78, 5) is 0. The van der Waals surface area contributed by atoms with E-state index in [0.29, 0.717) is 29.5 Å². The van der Waals surface area contributed by atoms with E-state index in [4.69, 9.17) is 0 Å². The summed E-state index contributed by atoms with van der Waals surface area (Å²) in [5.41, 5.74) is 2.82. The maximum Gasteiger partial charge on any atom is 0.159 e. The minimum atomic E-state index is -1.05. The van der Waals surface area contributed by atoms with Gasteiger partial charge in [0.1, 0.15) is 17.5 Å². The second-order valence-corrected chi connectivity index (χ2v) is 7.88. The van der Waals surface area contributed by atoms with Crippen molar-refractivity contribution >= 4 is 5.57 Å². The number of hydrogen-bond acceptors (Lipinski definition) is 0. The van der Waals surface area contributed by atoms with Gasteiger partial charge in [-0.15, -0.1) is 0 Å². The molecule has 0 bridgehead atoms. The summed E-state index contributed by atoms with van der Waals surface area (Å²) in [6.07, 6.45) is 4.69. The Hall–Kier alpha value is -2.95. The van der Waals surface area contributed by atoms with Crippen LogP contribution in [0.3, 0.4) is 0 Å². The van der Waals surface area contributed by atoms with Crippen LogP contribution in [0, 0.1) is 29.1 Å². The van der Waals surface area contributed by atoms with Gasteiger partial charge in [-0.05, 0) is 89.9 Å². The molecular weight excluding hydrogens is 407 g/mol. The van der Waals surface area contributed by atoms with E-state index in [1.165, 1.54) is 24.3 Å². The molecule has 0 spiro atoms. The molecule has 160 valence electrons. The van der Waals surface area contributed by atoms with Gasteiger partial charge in [-0.2, -0.15) is 0 Å². The smallest absolute Gasteiger partial charge is 0.159 e. The van der Waals surface area contributed by atoms with E-state index < -0.39 is 29.1 Å². The average molecular weight is 428 g/mol.